The van der Waals surface area contributed by atoms with E-state index in [1.54, 1.807) is 11.8 Å². The summed E-state index contributed by atoms with van der Waals surface area (Å²) in [6.45, 7) is 9.97. The summed E-state index contributed by atoms with van der Waals surface area (Å²) in [7, 11) is 2.05. The summed E-state index contributed by atoms with van der Waals surface area (Å²) in [6.07, 6.45) is 1.08. The number of nitrogens with one attached hydrogen (secondary N) is 1. The van der Waals surface area contributed by atoms with Crippen LogP contribution in [-0.4, -0.2) is 36.0 Å². The Hall–Kier alpha value is -2.08. The monoisotopic (exact) mass is 386 g/mol. The van der Waals surface area contributed by atoms with Crippen molar-refractivity contribution in [2.75, 3.05) is 25.0 Å². The number of aryl methyl sites for hydroxylation is 1. The molecule has 0 bridgehead atoms. The largest absolute Gasteiger partial charge is 0.360 e. The Morgan fingerprint density at radius 3 is 2.74 bits per heavy atom. The van der Waals surface area contributed by atoms with Gasteiger partial charge in [-0.25, -0.2) is 9.97 Å². The SMILES string of the molecule is CCCN(C)c1cc(C)nc(SCc2cccc(C(=O)NCC(C)C)c2)n1. The second kappa shape index (κ2) is 10.3. The van der Waals surface area contributed by atoms with Gasteiger partial charge in [-0.1, -0.05) is 44.7 Å². The van der Waals surface area contributed by atoms with Gasteiger partial charge in [0.05, 0.1) is 0 Å². The molecule has 0 aliphatic carbocycles. The molecular weight excluding hydrogens is 356 g/mol. The third-order valence-electron chi connectivity index (χ3n) is 4.00. The van der Waals surface area contributed by atoms with Crippen molar-refractivity contribution in [3.05, 3.63) is 47.2 Å². The summed E-state index contributed by atoms with van der Waals surface area (Å²) in [4.78, 5) is 23.6. The van der Waals surface area contributed by atoms with Crippen LogP contribution in [0.4, 0.5) is 5.82 Å². The first-order valence-corrected chi connectivity index (χ1v) is 10.4. The molecule has 0 radical (unpaired) electrons. The summed E-state index contributed by atoms with van der Waals surface area (Å²) in [6, 6.07) is 9.77. The van der Waals surface area contributed by atoms with Crippen LogP contribution in [0.15, 0.2) is 35.5 Å². The first-order chi connectivity index (χ1) is 12.9. The number of thioether (sulfide) groups is 1. The average Bonchev–Trinajstić information content (AvgIpc) is 2.64. The van der Waals surface area contributed by atoms with Gasteiger partial charge in [-0.05, 0) is 37.0 Å². The maximum atomic E-state index is 12.3. The van der Waals surface area contributed by atoms with Crippen LogP contribution in [0.5, 0.6) is 0 Å². The van der Waals surface area contributed by atoms with Crippen LogP contribution in [0, 0.1) is 12.8 Å². The smallest absolute Gasteiger partial charge is 0.251 e. The van der Waals surface area contributed by atoms with E-state index in [4.69, 9.17) is 0 Å². The van der Waals surface area contributed by atoms with E-state index < -0.39 is 0 Å². The zero-order chi connectivity index (χ0) is 19.8. The Bertz CT molecular complexity index is 764. The third kappa shape index (κ3) is 6.86. The van der Waals surface area contributed by atoms with Crippen molar-refractivity contribution in [1.29, 1.82) is 0 Å². The molecule has 0 spiro atoms. The Balaban J connectivity index is 2.04. The Labute approximate surface area is 167 Å². The number of rotatable bonds is 9. The van der Waals surface area contributed by atoms with Crippen molar-refractivity contribution in [1.82, 2.24) is 15.3 Å². The lowest BCUT2D eigenvalue weighted by Gasteiger charge is -2.18. The van der Waals surface area contributed by atoms with Gasteiger partial charge in [0.2, 0.25) is 0 Å². The van der Waals surface area contributed by atoms with Crippen molar-refractivity contribution < 1.29 is 4.79 Å². The normalized spacial score (nSPS) is 10.9. The highest BCUT2D eigenvalue weighted by molar-refractivity contribution is 7.98. The van der Waals surface area contributed by atoms with Crippen LogP contribution < -0.4 is 10.2 Å². The topological polar surface area (TPSA) is 58.1 Å². The molecule has 2 aromatic rings. The van der Waals surface area contributed by atoms with Crippen LogP contribution in [-0.2, 0) is 5.75 Å². The second-order valence-corrected chi connectivity index (χ2v) is 8.11. The van der Waals surface area contributed by atoms with Gasteiger partial charge in [0.25, 0.3) is 5.91 Å². The number of hydrogen-bond acceptors (Lipinski definition) is 5. The molecule has 1 N–H and O–H groups in total. The number of benzene rings is 1. The van der Waals surface area contributed by atoms with Gasteiger partial charge in [-0.3, -0.25) is 4.79 Å². The Morgan fingerprint density at radius 2 is 2.04 bits per heavy atom. The number of aromatic nitrogens is 2. The molecule has 1 heterocycles. The van der Waals surface area contributed by atoms with E-state index in [2.05, 4.69) is 48.0 Å². The zero-order valence-electron chi connectivity index (χ0n) is 17.0. The molecule has 27 heavy (non-hydrogen) atoms. The molecule has 2 rings (SSSR count). The minimum Gasteiger partial charge on any atom is -0.360 e. The predicted molar refractivity (Wildman–Crippen MR) is 114 cm³/mol. The minimum atomic E-state index is -0.0224. The maximum Gasteiger partial charge on any atom is 0.251 e. The van der Waals surface area contributed by atoms with Crippen molar-refractivity contribution in [2.45, 2.75) is 45.0 Å². The highest BCUT2D eigenvalue weighted by Crippen LogP contribution is 2.23. The lowest BCUT2D eigenvalue weighted by Crippen LogP contribution is -2.27. The lowest BCUT2D eigenvalue weighted by molar-refractivity contribution is 0.0949. The first kappa shape index (κ1) is 21.2. The zero-order valence-corrected chi connectivity index (χ0v) is 17.8. The van der Waals surface area contributed by atoms with Gasteiger partial charge in [0, 0.05) is 43.2 Å². The maximum absolute atomic E-state index is 12.3. The summed E-state index contributed by atoms with van der Waals surface area (Å²) in [5.41, 5.74) is 2.75. The molecule has 5 nitrogen and oxygen atoms in total. The van der Waals surface area contributed by atoms with E-state index in [0.717, 1.165) is 41.0 Å². The molecule has 1 aromatic heterocycles. The number of hydrogen-bond donors (Lipinski definition) is 1. The minimum absolute atomic E-state index is 0.0224. The van der Waals surface area contributed by atoms with Crippen LogP contribution >= 0.6 is 11.8 Å². The fourth-order valence-corrected chi connectivity index (χ4v) is 3.43. The van der Waals surface area contributed by atoms with Crippen LogP contribution in [0.25, 0.3) is 0 Å². The summed E-state index contributed by atoms with van der Waals surface area (Å²) >= 11 is 1.60. The van der Waals surface area contributed by atoms with Crippen LogP contribution in [0.2, 0.25) is 0 Å². The van der Waals surface area contributed by atoms with E-state index in [9.17, 15) is 4.79 Å². The van der Waals surface area contributed by atoms with Crippen molar-refractivity contribution in [3.8, 4) is 0 Å². The number of anilines is 1. The number of nitrogens with zero attached hydrogens (tertiary/aromatic N) is 3. The van der Waals surface area contributed by atoms with Gasteiger partial charge in [-0.15, -0.1) is 0 Å². The molecule has 0 aliphatic rings. The Morgan fingerprint density at radius 1 is 1.26 bits per heavy atom. The average molecular weight is 387 g/mol. The Kier molecular flexibility index (Phi) is 8.10. The van der Waals surface area contributed by atoms with E-state index in [0.29, 0.717) is 18.0 Å². The molecule has 0 saturated carbocycles. The number of carbonyl (C=O) groups is 1. The fourth-order valence-electron chi connectivity index (χ4n) is 2.58. The standard InChI is InChI=1S/C21H30N4OS/c1-6-10-25(5)19-11-16(4)23-21(24-19)27-14-17-8-7-9-18(12-17)20(26)22-13-15(2)3/h7-9,11-12,15H,6,10,13-14H2,1-5H3,(H,22,26). The molecule has 6 heteroatoms. The molecule has 0 atom stereocenters. The third-order valence-corrected chi connectivity index (χ3v) is 4.92. The fraction of sp³-hybridized carbons (Fsp3) is 0.476. The predicted octanol–water partition coefficient (Wildman–Crippen LogP) is 4.31. The molecule has 0 unspecified atom stereocenters. The van der Waals surface area contributed by atoms with Gasteiger partial charge in [0.15, 0.2) is 5.16 Å². The molecular formula is C21H30N4OS. The summed E-state index contributed by atoms with van der Waals surface area (Å²) < 4.78 is 0. The lowest BCUT2D eigenvalue weighted by atomic mass is 10.1. The van der Waals surface area contributed by atoms with Crippen molar-refractivity contribution in [3.63, 3.8) is 0 Å². The van der Waals surface area contributed by atoms with E-state index in [1.165, 1.54) is 0 Å². The molecule has 1 aromatic carbocycles. The van der Waals surface area contributed by atoms with Gasteiger partial charge in [0.1, 0.15) is 5.82 Å². The van der Waals surface area contributed by atoms with Crippen molar-refractivity contribution in [2.24, 2.45) is 5.92 Å². The second-order valence-electron chi connectivity index (χ2n) is 7.16. The molecule has 0 saturated heterocycles. The summed E-state index contributed by atoms with van der Waals surface area (Å²) in [5.74, 6) is 2.09. The number of carbonyl (C=O) groups excluding carboxylic acids is 1. The van der Waals surface area contributed by atoms with Crippen LogP contribution in [0.1, 0.15) is 48.8 Å². The highest BCUT2D eigenvalue weighted by atomic mass is 32.2. The van der Waals surface area contributed by atoms with Gasteiger partial charge in [-0.2, -0.15) is 0 Å². The molecule has 146 valence electrons. The van der Waals surface area contributed by atoms with E-state index in [-0.39, 0.29) is 5.91 Å². The van der Waals surface area contributed by atoms with Gasteiger partial charge < -0.3 is 10.2 Å². The van der Waals surface area contributed by atoms with E-state index >= 15 is 0 Å². The van der Waals surface area contributed by atoms with E-state index in [1.807, 2.05) is 37.3 Å². The molecule has 0 aliphatic heterocycles. The summed E-state index contributed by atoms with van der Waals surface area (Å²) in [5, 5.41) is 3.73. The molecule has 1 amide bonds. The van der Waals surface area contributed by atoms with Crippen LogP contribution in [0.3, 0.4) is 0 Å². The quantitative estimate of drug-likeness (QED) is 0.514. The highest BCUT2D eigenvalue weighted by Gasteiger charge is 2.09. The van der Waals surface area contributed by atoms with Crippen molar-refractivity contribution >= 4 is 23.5 Å². The van der Waals surface area contributed by atoms with Gasteiger partial charge >= 0.3 is 0 Å². The number of amides is 1. The first-order valence-electron chi connectivity index (χ1n) is 9.45. The molecule has 0 fully saturated rings.